The second-order valence-corrected chi connectivity index (χ2v) is 11.9. The van der Waals surface area contributed by atoms with Crippen molar-refractivity contribution in [3.05, 3.63) is 38.2 Å². The molecule has 16 nitrogen and oxygen atoms in total. The van der Waals surface area contributed by atoms with Crippen LogP contribution in [0.25, 0.3) is 10.9 Å². The van der Waals surface area contributed by atoms with E-state index in [0.29, 0.717) is 12.0 Å². The number of hydrogen-bond acceptors (Lipinski definition) is 14. The summed E-state index contributed by atoms with van der Waals surface area (Å²) in [5.74, 6) is -3.58. The topological polar surface area (TPSA) is 198 Å². The van der Waals surface area contributed by atoms with E-state index in [1.54, 1.807) is 6.92 Å². The van der Waals surface area contributed by atoms with E-state index in [9.17, 15) is 34.1 Å². The summed E-state index contributed by atoms with van der Waals surface area (Å²) in [4.78, 5) is 73.9. The van der Waals surface area contributed by atoms with Crippen LogP contribution < -0.4 is 15.0 Å². The van der Waals surface area contributed by atoms with Crippen molar-refractivity contribution in [1.29, 1.82) is 0 Å². The van der Waals surface area contributed by atoms with Crippen molar-refractivity contribution >= 4 is 40.5 Å². The molecule has 5 atom stereocenters. The Morgan fingerprint density at radius 3 is 2.02 bits per heavy atom. The number of fused-ring (bicyclic) bond motifs is 1. The molecule has 1 aromatic carbocycles. The molecular weight excluding hydrogens is 660 g/mol. The molecule has 2 heterocycles. The van der Waals surface area contributed by atoms with E-state index in [2.05, 4.69) is 6.92 Å². The van der Waals surface area contributed by atoms with Crippen LogP contribution in [0.2, 0.25) is 0 Å². The molecule has 276 valence electrons. The predicted molar refractivity (Wildman–Crippen MR) is 177 cm³/mol. The minimum absolute atomic E-state index is 0.135. The van der Waals surface area contributed by atoms with Crippen molar-refractivity contribution in [2.24, 2.45) is 7.05 Å². The number of unbranched alkanes of at least 4 members (excludes halogenated alkanes) is 5. The largest absolute Gasteiger partial charge is 0.485 e. The van der Waals surface area contributed by atoms with E-state index in [4.69, 9.17) is 33.2 Å². The first-order chi connectivity index (χ1) is 23.7. The highest BCUT2D eigenvalue weighted by molar-refractivity contribution is 5.92. The zero-order valence-corrected chi connectivity index (χ0v) is 29.5. The highest BCUT2D eigenvalue weighted by Gasteiger charge is 2.53. The Hall–Kier alpha value is -4.73. The summed E-state index contributed by atoms with van der Waals surface area (Å²) in [5.41, 5.74) is -0.363. The number of benzene rings is 1. The summed E-state index contributed by atoms with van der Waals surface area (Å²) >= 11 is 0. The lowest BCUT2D eigenvalue weighted by atomic mass is 9.98. The van der Waals surface area contributed by atoms with Gasteiger partial charge in [0, 0.05) is 52.3 Å². The van der Waals surface area contributed by atoms with Crippen LogP contribution in [0.4, 0.5) is 5.69 Å². The average Bonchev–Trinajstić information content (AvgIpc) is 3.04. The van der Waals surface area contributed by atoms with Gasteiger partial charge < -0.3 is 37.7 Å². The zero-order chi connectivity index (χ0) is 37.1. The number of rotatable bonds is 17. The monoisotopic (exact) mass is 706 g/mol. The van der Waals surface area contributed by atoms with Crippen LogP contribution in [-0.4, -0.2) is 77.3 Å². The number of carbonyl (C=O) groups excluding carboxylic acids is 4. The van der Waals surface area contributed by atoms with Crippen LogP contribution in [0.5, 0.6) is 11.5 Å². The molecule has 1 aromatic heterocycles. The molecule has 16 heteroatoms. The summed E-state index contributed by atoms with van der Waals surface area (Å²) in [6, 6.07) is 2.58. The molecule has 0 unspecified atom stereocenters. The standard InChI is InChI=1S/C34H46N2O14/c1-8-10-11-12-13-14-15-44-31-29(27-23(9-2)16-24(36(42)43)17-25(27)35(7)33(31)41)50-34-32(48-22(6)40)30(47-21(5)39)28(46-20(4)38)26(49-34)18-45-19(3)37/h16-17,26,28,30,32,34H,8-15,18H2,1-7H3/t26-,28-,30+,32+,34-/m1/s1. The first kappa shape index (κ1) is 39.7. The number of hydrogen-bond donors (Lipinski definition) is 0. The second kappa shape index (κ2) is 18.3. The van der Waals surface area contributed by atoms with E-state index in [1.807, 2.05) is 0 Å². The number of esters is 4. The lowest BCUT2D eigenvalue weighted by Crippen LogP contribution is -2.63. The molecule has 3 rings (SSSR count). The van der Waals surface area contributed by atoms with Gasteiger partial charge >= 0.3 is 23.9 Å². The molecule has 0 N–H and O–H groups in total. The Morgan fingerprint density at radius 1 is 0.840 bits per heavy atom. The van der Waals surface area contributed by atoms with E-state index >= 15 is 0 Å². The molecule has 1 saturated heterocycles. The third-order valence-corrected chi connectivity index (χ3v) is 8.00. The van der Waals surface area contributed by atoms with E-state index in [1.165, 1.54) is 23.7 Å². The van der Waals surface area contributed by atoms with Crippen LogP contribution in [0.1, 0.15) is 85.6 Å². The Kier molecular flexibility index (Phi) is 14.5. The fourth-order valence-corrected chi connectivity index (χ4v) is 5.75. The third kappa shape index (κ3) is 10.2. The van der Waals surface area contributed by atoms with Gasteiger partial charge in [-0.3, -0.25) is 34.1 Å². The van der Waals surface area contributed by atoms with Gasteiger partial charge in [-0.05, 0) is 18.4 Å². The number of pyridine rings is 1. The normalized spacial score (nSPS) is 20.1. The maximum Gasteiger partial charge on any atom is 0.303 e. The summed E-state index contributed by atoms with van der Waals surface area (Å²) in [7, 11) is 1.45. The number of nitro groups is 1. The van der Waals surface area contributed by atoms with Crippen LogP contribution in [-0.2, 0) is 56.3 Å². The average molecular weight is 707 g/mol. The smallest absolute Gasteiger partial charge is 0.303 e. The predicted octanol–water partition coefficient (Wildman–Crippen LogP) is 4.21. The first-order valence-electron chi connectivity index (χ1n) is 16.6. The number of ether oxygens (including phenoxy) is 7. The molecule has 50 heavy (non-hydrogen) atoms. The van der Waals surface area contributed by atoms with Crippen LogP contribution in [0.15, 0.2) is 16.9 Å². The summed E-state index contributed by atoms with van der Waals surface area (Å²) in [5, 5.41) is 12.1. The Labute approximate surface area is 289 Å². The highest BCUT2D eigenvalue weighted by atomic mass is 16.7. The highest BCUT2D eigenvalue weighted by Crippen LogP contribution is 2.40. The number of nitro benzene ring substituents is 1. The molecule has 2 aromatic rings. The second-order valence-electron chi connectivity index (χ2n) is 11.9. The molecule has 1 aliphatic rings. The zero-order valence-electron chi connectivity index (χ0n) is 29.5. The Morgan fingerprint density at radius 2 is 1.44 bits per heavy atom. The van der Waals surface area contributed by atoms with Crippen molar-refractivity contribution in [2.75, 3.05) is 13.2 Å². The molecule has 0 amide bonds. The minimum Gasteiger partial charge on any atom is -0.485 e. The maximum atomic E-state index is 13.9. The van der Waals surface area contributed by atoms with Crippen molar-refractivity contribution in [2.45, 2.75) is 117 Å². The van der Waals surface area contributed by atoms with Gasteiger partial charge in [-0.1, -0.05) is 46.0 Å². The van der Waals surface area contributed by atoms with Crippen molar-refractivity contribution in [1.82, 2.24) is 4.57 Å². The lowest BCUT2D eigenvalue weighted by Gasteiger charge is -2.44. The Bertz CT molecular complexity index is 1620. The van der Waals surface area contributed by atoms with Crippen molar-refractivity contribution < 1.29 is 57.3 Å². The maximum absolute atomic E-state index is 13.9. The first-order valence-corrected chi connectivity index (χ1v) is 16.6. The van der Waals surface area contributed by atoms with Gasteiger partial charge in [0.05, 0.1) is 17.0 Å². The molecule has 0 radical (unpaired) electrons. The number of carbonyl (C=O) groups is 4. The van der Waals surface area contributed by atoms with Gasteiger partial charge in [-0.25, -0.2) is 0 Å². The molecule has 0 spiro atoms. The van der Waals surface area contributed by atoms with Crippen molar-refractivity contribution in [3.8, 4) is 11.5 Å². The number of aromatic nitrogens is 1. The van der Waals surface area contributed by atoms with Gasteiger partial charge in [0.2, 0.25) is 18.1 Å². The molecule has 1 aliphatic heterocycles. The van der Waals surface area contributed by atoms with Crippen molar-refractivity contribution in [3.63, 3.8) is 0 Å². The Balaban J connectivity index is 2.25. The fraction of sp³-hybridized carbons (Fsp3) is 0.618. The number of aryl methyl sites for hydroxylation is 2. The van der Waals surface area contributed by atoms with Crippen LogP contribution in [0, 0.1) is 10.1 Å². The van der Waals surface area contributed by atoms with Gasteiger partial charge in [0.25, 0.3) is 11.2 Å². The minimum atomic E-state index is -1.68. The van der Waals surface area contributed by atoms with Crippen LogP contribution in [0.3, 0.4) is 0 Å². The number of nitrogens with zero attached hydrogens (tertiary/aromatic N) is 2. The third-order valence-electron chi connectivity index (χ3n) is 8.00. The van der Waals surface area contributed by atoms with E-state index in [-0.39, 0.29) is 41.1 Å². The molecule has 0 bridgehead atoms. The molecular formula is C34H46N2O14. The van der Waals surface area contributed by atoms with Gasteiger partial charge in [-0.2, -0.15) is 0 Å². The fourth-order valence-electron chi connectivity index (χ4n) is 5.75. The van der Waals surface area contributed by atoms with E-state index < -0.39 is 71.7 Å². The lowest BCUT2D eigenvalue weighted by molar-refractivity contribution is -0.384. The molecule has 0 saturated carbocycles. The van der Waals surface area contributed by atoms with E-state index in [0.717, 1.165) is 59.8 Å². The quantitative estimate of drug-likeness (QED) is 0.0745. The van der Waals surface area contributed by atoms with Gasteiger partial charge in [-0.15, -0.1) is 0 Å². The molecule has 1 fully saturated rings. The SMILES string of the molecule is CCCCCCCCOc1c(O[C@H]2O[C@H](COC(C)=O)[C@@H](OC(C)=O)[C@H](OC(C)=O)[C@@H]2OC(C)=O)c2c(CC)cc([N+](=O)[O-])cc2n(C)c1=O. The molecule has 0 aliphatic carbocycles. The summed E-state index contributed by atoms with van der Waals surface area (Å²) < 4.78 is 41.6. The van der Waals surface area contributed by atoms with Gasteiger partial charge in [0.1, 0.15) is 12.7 Å². The summed E-state index contributed by atoms with van der Waals surface area (Å²) in [6.45, 7) is 7.94. The van der Waals surface area contributed by atoms with Gasteiger partial charge in [0.15, 0.2) is 18.0 Å². The summed E-state index contributed by atoms with van der Waals surface area (Å²) in [6.07, 6.45) is -1.61. The number of non-ortho nitro benzene ring substituents is 1. The van der Waals surface area contributed by atoms with Crippen LogP contribution >= 0.6 is 0 Å².